The first kappa shape index (κ1) is 52.7. The van der Waals surface area contributed by atoms with Crippen molar-refractivity contribution < 1.29 is 38.2 Å². The largest absolute Gasteiger partial charge is 0.411 e. The van der Waals surface area contributed by atoms with Crippen molar-refractivity contribution in [1.82, 2.24) is 35.3 Å². The van der Waals surface area contributed by atoms with E-state index in [2.05, 4.69) is 20.6 Å². The summed E-state index contributed by atoms with van der Waals surface area (Å²) >= 11 is 1.49. The second kappa shape index (κ2) is 25.1. The van der Waals surface area contributed by atoms with Gasteiger partial charge in [-0.3, -0.25) is 24.1 Å². The van der Waals surface area contributed by atoms with Gasteiger partial charge in [0.05, 0.1) is 48.7 Å². The maximum Gasteiger partial charge on any atom is 0.411 e. The quantitative estimate of drug-likeness (QED) is 0.101. The zero-order chi connectivity index (χ0) is 48.0. The number of nitrogens with zero attached hydrogens (tertiary/aromatic N) is 5. The molecule has 1 fully saturated rings. The fraction of sp³-hybridized carbons (Fsp3) is 0.604. The van der Waals surface area contributed by atoms with Crippen LogP contribution in [0.1, 0.15) is 96.3 Å². The molecule has 2 aromatic heterocycles. The zero-order valence-corrected chi connectivity index (χ0v) is 40.9. The Morgan fingerprint density at radius 3 is 2.20 bits per heavy atom. The molecule has 0 aliphatic carbocycles. The van der Waals surface area contributed by atoms with E-state index in [0.29, 0.717) is 32.4 Å². The third kappa shape index (κ3) is 14.3. The van der Waals surface area contributed by atoms with Crippen molar-refractivity contribution in [3.05, 3.63) is 76.4 Å². The fourth-order valence-electron chi connectivity index (χ4n) is 9.14. The Morgan fingerprint density at radius 1 is 0.908 bits per heavy atom. The van der Waals surface area contributed by atoms with Crippen LogP contribution < -0.4 is 21.1 Å². The normalized spacial score (nSPS) is 17.8. The molecule has 9 atom stereocenters. The Labute approximate surface area is 389 Å². The first-order chi connectivity index (χ1) is 30.9. The molecular weight excluding hydrogens is 849 g/mol. The Bertz CT molecular complexity index is 1990. The van der Waals surface area contributed by atoms with Crippen molar-refractivity contribution in [1.29, 1.82) is 0 Å². The molecule has 1 aliphatic rings. The molecule has 0 spiro atoms. The van der Waals surface area contributed by atoms with E-state index in [-0.39, 0.29) is 65.8 Å². The number of thiazole rings is 1. The topological polar surface area (TPSA) is 199 Å². The van der Waals surface area contributed by atoms with Crippen molar-refractivity contribution >= 4 is 41.1 Å². The van der Waals surface area contributed by atoms with Gasteiger partial charge in [-0.25, -0.2) is 14.8 Å². The summed E-state index contributed by atoms with van der Waals surface area (Å²) < 4.78 is 17.1. The minimum Gasteiger partial charge on any atom is -0.391 e. The third-order valence-corrected chi connectivity index (χ3v) is 13.5. The Balaban J connectivity index is 1.48. The molecule has 4 N–H and O–H groups in total. The Kier molecular flexibility index (Phi) is 20.3. The average Bonchev–Trinajstić information content (AvgIpc) is 3.99. The molecule has 0 bridgehead atoms. The monoisotopic (exact) mass is 921 g/mol. The summed E-state index contributed by atoms with van der Waals surface area (Å²) in [5, 5.41) is 9.02. The number of benzene rings is 1. The highest BCUT2D eigenvalue weighted by Gasteiger charge is 2.43. The lowest BCUT2D eigenvalue weighted by atomic mass is 9.89. The number of carbonyl (C=O) groups excluding carboxylic acids is 5. The van der Waals surface area contributed by atoms with Crippen LogP contribution in [-0.4, -0.2) is 126 Å². The standard InChI is InChI=1S/C48H72N8O8S/c1-12-31(6)42(55(9)47(60)40(29(2)3)53-45(59)41(30(4)5)54(8)28-34-20-21-50-38(26-34)64-48(49)61)37(62-10)27-39(57)56-23-16-19-36(56)43(63-11)32(7)44(58)52-35(46-51-22-24-65-46)25-33-17-14-13-15-18-33/h13-15,17-18,20-22,24,26,29-32,35-37,40-43H,12,16,19,23,25,27-28H2,1-11H3,(H2,49,61)(H,52,58)(H,53,59)/t31-,32+,35-,36-,37+,40-,41-,42-,43+/m0/s1. The minimum atomic E-state index is -0.976. The van der Waals surface area contributed by atoms with E-state index in [1.807, 2.05) is 101 Å². The van der Waals surface area contributed by atoms with Gasteiger partial charge >= 0.3 is 6.09 Å². The van der Waals surface area contributed by atoms with Gasteiger partial charge in [0.15, 0.2) is 0 Å². The van der Waals surface area contributed by atoms with Crippen LogP contribution >= 0.6 is 11.3 Å². The van der Waals surface area contributed by atoms with Gasteiger partial charge < -0.3 is 40.4 Å². The zero-order valence-electron chi connectivity index (χ0n) is 40.1. The number of amides is 5. The number of likely N-dealkylation sites (N-methyl/N-ethyl adjacent to an activating group) is 2. The summed E-state index contributed by atoms with van der Waals surface area (Å²) in [6.45, 7) is 14.4. The molecule has 4 rings (SSSR count). The first-order valence-electron chi connectivity index (χ1n) is 22.7. The molecule has 65 heavy (non-hydrogen) atoms. The van der Waals surface area contributed by atoms with Crippen LogP contribution in [0.2, 0.25) is 0 Å². The van der Waals surface area contributed by atoms with E-state index < -0.39 is 42.3 Å². The third-order valence-electron chi connectivity index (χ3n) is 12.6. The van der Waals surface area contributed by atoms with Gasteiger partial charge in [-0.1, -0.05) is 85.2 Å². The number of hydrogen-bond acceptors (Lipinski definition) is 12. The van der Waals surface area contributed by atoms with Crippen LogP contribution in [0.25, 0.3) is 0 Å². The molecule has 3 aromatic rings. The lowest BCUT2D eigenvalue weighted by Crippen LogP contribution is -2.60. The number of carbonyl (C=O) groups is 5. The van der Waals surface area contributed by atoms with E-state index in [9.17, 15) is 24.0 Å². The highest BCUT2D eigenvalue weighted by molar-refractivity contribution is 7.09. The number of pyridine rings is 1. The number of likely N-dealkylation sites (tertiary alicyclic amines) is 1. The van der Waals surface area contributed by atoms with Crippen LogP contribution in [0, 0.1) is 23.7 Å². The van der Waals surface area contributed by atoms with E-state index in [0.717, 1.165) is 22.6 Å². The molecule has 358 valence electrons. The highest BCUT2D eigenvalue weighted by atomic mass is 32.1. The van der Waals surface area contributed by atoms with Crippen LogP contribution in [0.15, 0.2) is 60.2 Å². The SMILES string of the molecule is CC[C@H](C)[C@@H]([C@@H](CC(=O)N1CCC[C@H]1[C@H](OC)[C@@H](C)C(=O)N[C@@H](Cc1ccccc1)c1nccs1)OC)N(C)C(=O)[C@@H](NC(=O)[C@H](C(C)C)N(C)Cc1ccnc(OC(N)=O)c1)C(C)C. The van der Waals surface area contributed by atoms with Crippen molar-refractivity contribution in [3.8, 4) is 5.88 Å². The molecule has 16 nitrogen and oxygen atoms in total. The fourth-order valence-corrected chi connectivity index (χ4v) is 9.83. The van der Waals surface area contributed by atoms with Crippen LogP contribution in [0.4, 0.5) is 4.79 Å². The van der Waals surface area contributed by atoms with E-state index in [1.165, 1.54) is 17.5 Å². The van der Waals surface area contributed by atoms with Crippen molar-refractivity contribution in [3.63, 3.8) is 0 Å². The first-order valence-corrected chi connectivity index (χ1v) is 23.6. The van der Waals surface area contributed by atoms with Crippen LogP contribution in [0.3, 0.4) is 0 Å². The number of hydrogen-bond donors (Lipinski definition) is 3. The summed E-state index contributed by atoms with van der Waals surface area (Å²) in [7, 11) is 6.68. The Morgan fingerprint density at radius 2 is 1.62 bits per heavy atom. The number of rotatable bonds is 24. The summed E-state index contributed by atoms with van der Waals surface area (Å²) in [4.78, 5) is 82.4. The number of primary amides is 1. The van der Waals surface area contributed by atoms with E-state index in [4.69, 9.17) is 19.9 Å². The van der Waals surface area contributed by atoms with Crippen molar-refractivity contribution in [2.45, 2.75) is 130 Å². The summed E-state index contributed by atoms with van der Waals surface area (Å²) in [5.41, 5.74) is 7.00. The second-order valence-electron chi connectivity index (χ2n) is 18.0. The van der Waals surface area contributed by atoms with Crippen LogP contribution in [0.5, 0.6) is 5.88 Å². The van der Waals surface area contributed by atoms with Gasteiger partial charge in [-0.15, -0.1) is 11.3 Å². The van der Waals surface area contributed by atoms with Crippen molar-refractivity contribution in [2.24, 2.45) is 29.4 Å². The number of nitrogens with one attached hydrogen (secondary N) is 2. The van der Waals surface area contributed by atoms with Crippen LogP contribution in [-0.2, 0) is 41.6 Å². The minimum absolute atomic E-state index is 0.0000409. The molecule has 1 aromatic carbocycles. The van der Waals surface area contributed by atoms with E-state index >= 15 is 0 Å². The van der Waals surface area contributed by atoms with Gasteiger partial charge in [0, 0.05) is 58.2 Å². The maximum absolute atomic E-state index is 14.6. The summed E-state index contributed by atoms with van der Waals surface area (Å²) in [6, 6.07) is 10.6. The number of methoxy groups -OCH3 is 2. The van der Waals surface area contributed by atoms with E-state index in [1.54, 1.807) is 44.5 Å². The summed E-state index contributed by atoms with van der Waals surface area (Å²) in [6.07, 6.45) is 3.71. The average molecular weight is 921 g/mol. The van der Waals surface area contributed by atoms with Gasteiger partial charge in [0.25, 0.3) is 0 Å². The molecule has 0 unspecified atom stereocenters. The maximum atomic E-state index is 14.6. The molecule has 1 saturated heterocycles. The smallest absolute Gasteiger partial charge is 0.391 e. The summed E-state index contributed by atoms with van der Waals surface area (Å²) in [5.74, 6) is -1.94. The molecule has 1 aliphatic heterocycles. The number of ether oxygens (including phenoxy) is 3. The van der Waals surface area contributed by atoms with Gasteiger partial charge in [0.2, 0.25) is 29.5 Å². The van der Waals surface area contributed by atoms with Gasteiger partial charge in [-0.2, -0.15) is 0 Å². The number of aromatic nitrogens is 2. The highest BCUT2D eigenvalue weighted by Crippen LogP contribution is 2.31. The molecule has 5 amide bonds. The predicted octanol–water partition coefficient (Wildman–Crippen LogP) is 5.61. The van der Waals surface area contributed by atoms with Crippen molar-refractivity contribution in [2.75, 3.05) is 34.9 Å². The van der Waals surface area contributed by atoms with Gasteiger partial charge in [-0.05, 0) is 61.3 Å². The molecular formula is C48H72N8O8S. The number of nitrogens with two attached hydrogens (primary N) is 1. The predicted molar refractivity (Wildman–Crippen MR) is 251 cm³/mol. The van der Waals surface area contributed by atoms with Gasteiger partial charge in [0.1, 0.15) is 11.0 Å². The Hall–Kier alpha value is -4.97. The molecule has 3 heterocycles. The lowest BCUT2D eigenvalue weighted by Gasteiger charge is -2.41. The molecule has 0 saturated carbocycles. The second-order valence-corrected chi connectivity index (χ2v) is 18.9. The molecule has 17 heteroatoms. The molecule has 0 radical (unpaired) electrons. The lowest BCUT2D eigenvalue weighted by molar-refractivity contribution is -0.148.